The zero-order chi connectivity index (χ0) is 10.9. The smallest absolute Gasteiger partial charge is 0.316 e. The summed E-state index contributed by atoms with van der Waals surface area (Å²) in [5.41, 5.74) is -5.11. The Labute approximate surface area is 73.6 Å². The van der Waals surface area contributed by atoms with Crippen molar-refractivity contribution in [3.63, 3.8) is 0 Å². The van der Waals surface area contributed by atoms with Gasteiger partial charge in [0.15, 0.2) is 0 Å². The highest BCUT2D eigenvalue weighted by Gasteiger charge is 2.44. The third kappa shape index (κ3) is 8.76. The average molecular weight is 262 g/mol. The van der Waals surface area contributed by atoms with Crippen LogP contribution in [0.15, 0.2) is 0 Å². The van der Waals surface area contributed by atoms with Crippen LogP contribution in [0.5, 0.6) is 0 Å². The molecule has 13 heavy (non-hydrogen) atoms. The molecule has 0 amide bonds. The molecule has 0 saturated heterocycles. The largest absolute Gasteiger partial charge is 0.477 e. The van der Waals surface area contributed by atoms with Gasteiger partial charge in [0.1, 0.15) is 0 Å². The van der Waals surface area contributed by atoms with Crippen molar-refractivity contribution in [1.29, 1.82) is 0 Å². The lowest BCUT2D eigenvalue weighted by atomic mass is 11.6. The van der Waals surface area contributed by atoms with Crippen LogP contribution < -0.4 is 0 Å². The van der Waals surface area contributed by atoms with E-state index in [-0.39, 0.29) is 0 Å². The molecule has 0 aliphatic rings. The first-order valence-electron chi connectivity index (χ1n) is 2.28. The molecule has 0 spiro atoms. The number of hydrogen-bond acceptors (Lipinski definition) is 4. The van der Waals surface area contributed by atoms with Crippen LogP contribution in [-0.2, 0) is 13.4 Å². The third-order valence-electron chi connectivity index (χ3n) is 0.428. The second-order valence-electron chi connectivity index (χ2n) is 1.58. The van der Waals surface area contributed by atoms with Crippen LogP contribution in [0.3, 0.4) is 0 Å². The summed E-state index contributed by atoms with van der Waals surface area (Å²) in [5.74, 6) is 0. The van der Waals surface area contributed by atoms with Gasteiger partial charge in [0, 0.05) is 0 Å². The summed E-state index contributed by atoms with van der Waals surface area (Å²) in [7, 11) is -5.41. The number of rotatable bonds is 3. The van der Waals surface area contributed by atoms with E-state index in [4.69, 9.17) is 14.7 Å². The Morgan fingerprint density at radius 3 is 1.77 bits per heavy atom. The number of alkyl halides is 3. The van der Waals surface area contributed by atoms with Gasteiger partial charge < -0.3 is 14.7 Å². The van der Waals surface area contributed by atoms with E-state index in [1.54, 1.807) is 0 Å². The Kier molecular flexibility index (Phi) is 4.03. The molecule has 0 aromatic carbocycles. The van der Waals surface area contributed by atoms with Crippen molar-refractivity contribution in [2.24, 2.45) is 0 Å². The van der Waals surface area contributed by atoms with Crippen molar-refractivity contribution >= 4 is 26.0 Å². The van der Waals surface area contributed by atoms with Gasteiger partial charge in [-0.3, -0.25) is 0 Å². The fraction of sp³-hybridized carbons (Fsp3) is 1.00. The second-order valence-corrected chi connectivity index (χ2v) is 6.73. The second kappa shape index (κ2) is 3.90. The van der Waals surface area contributed by atoms with E-state index in [2.05, 4.69) is 4.31 Å². The molecule has 3 N–H and O–H groups in total. The molecule has 1 unspecified atom stereocenters. The molecule has 0 aromatic heterocycles. The Morgan fingerprint density at radius 1 is 1.15 bits per heavy atom. The van der Waals surface area contributed by atoms with Crippen molar-refractivity contribution in [2.75, 3.05) is 0 Å². The number of hydrogen-bond donors (Lipinski definition) is 3. The molecule has 12 heteroatoms. The maximum Gasteiger partial charge on any atom is 0.477 e. The molecule has 0 aliphatic heterocycles. The fourth-order valence-electron chi connectivity index (χ4n) is 0.282. The molecule has 0 rings (SSSR count). The zero-order valence-corrected chi connectivity index (χ0v) is 8.11. The first-order valence-corrected chi connectivity index (χ1v) is 6.81. The lowest BCUT2D eigenvalue weighted by Crippen LogP contribution is -2.00. The van der Waals surface area contributed by atoms with Crippen LogP contribution in [0.25, 0.3) is 0 Å². The van der Waals surface area contributed by atoms with Gasteiger partial charge in [-0.25, -0.2) is 9.13 Å². The van der Waals surface area contributed by atoms with E-state index in [0.717, 1.165) is 0 Å². The molecule has 6 nitrogen and oxygen atoms in total. The van der Waals surface area contributed by atoms with E-state index in [1.807, 2.05) is 0 Å². The van der Waals surface area contributed by atoms with Crippen LogP contribution >= 0.6 is 26.0 Å². The SMILES string of the molecule is O=P(O)(O)OP(=O)(O)SC(F)(F)F. The molecule has 0 radical (unpaired) electrons. The number of halogens is 3. The van der Waals surface area contributed by atoms with Crippen LogP contribution in [0.2, 0.25) is 0 Å². The maximum atomic E-state index is 11.4. The minimum Gasteiger partial charge on any atom is -0.316 e. The summed E-state index contributed by atoms with van der Waals surface area (Å²) in [6.07, 6.45) is 0. The van der Waals surface area contributed by atoms with Crippen molar-refractivity contribution < 1.29 is 41.3 Å². The van der Waals surface area contributed by atoms with Crippen LogP contribution in [-0.4, -0.2) is 20.2 Å². The van der Waals surface area contributed by atoms with E-state index >= 15 is 0 Å². The Balaban J connectivity index is 4.44. The van der Waals surface area contributed by atoms with Gasteiger partial charge in [0.05, 0.1) is 11.4 Å². The minimum atomic E-state index is -5.41. The summed E-state index contributed by atoms with van der Waals surface area (Å²) in [4.78, 5) is 24.1. The first-order chi connectivity index (χ1) is 5.41. The minimum absolute atomic E-state index is 1.52. The normalized spacial score (nSPS) is 18.3. The monoisotopic (exact) mass is 262 g/mol. The predicted molar refractivity (Wildman–Crippen MR) is 36.6 cm³/mol. The predicted octanol–water partition coefficient (Wildman–Crippen LogP) is 1.45. The van der Waals surface area contributed by atoms with Crippen LogP contribution in [0.1, 0.15) is 0 Å². The summed E-state index contributed by atoms with van der Waals surface area (Å²) in [6, 6.07) is 0. The third-order valence-corrected chi connectivity index (χ3v) is 4.46. The van der Waals surface area contributed by atoms with Gasteiger partial charge in [-0.2, -0.15) is 17.5 Å². The summed E-state index contributed by atoms with van der Waals surface area (Å²) < 4.78 is 57.5. The standard InChI is InChI=1S/CH3F3O6P2S/c2-1(3,4)13-12(8,9)10-11(5,6)7/h(H,8,9)(H2,5,6,7). The molecule has 80 valence electrons. The molecular formula is CH3F3O6P2S. The molecule has 0 aliphatic carbocycles. The molecule has 0 heterocycles. The number of phosphoric acid groups is 1. The summed E-state index contributed by atoms with van der Waals surface area (Å²) in [5, 5.41) is 0. The molecule has 1 atom stereocenters. The van der Waals surface area contributed by atoms with Gasteiger partial charge in [-0.05, 0) is 0 Å². The highest BCUT2D eigenvalue weighted by molar-refractivity contribution is 8.55. The topological polar surface area (TPSA) is 104 Å². The molecule has 0 saturated carbocycles. The Bertz CT molecular complexity index is 268. The van der Waals surface area contributed by atoms with Crippen molar-refractivity contribution in [1.82, 2.24) is 0 Å². The van der Waals surface area contributed by atoms with Crippen LogP contribution in [0.4, 0.5) is 13.2 Å². The highest BCUT2D eigenvalue weighted by Crippen LogP contribution is 2.69. The average Bonchev–Trinajstić information content (AvgIpc) is 1.43. The molecule has 0 bridgehead atoms. The Hall–Kier alpha value is 0.440. The lowest BCUT2D eigenvalue weighted by molar-refractivity contribution is -0.0316. The van der Waals surface area contributed by atoms with Gasteiger partial charge >= 0.3 is 20.1 Å². The van der Waals surface area contributed by atoms with Crippen LogP contribution in [0, 0.1) is 0 Å². The molecule has 0 aromatic rings. The first kappa shape index (κ1) is 13.4. The highest BCUT2D eigenvalue weighted by atomic mass is 32.7. The van der Waals surface area contributed by atoms with E-state index < -0.39 is 31.5 Å². The van der Waals surface area contributed by atoms with E-state index in [0.29, 0.717) is 0 Å². The fourth-order valence-corrected chi connectivity index (χ4v) is 3.62. The zero-order valence-electron chi connectivity index (χ0n) is 5.50. The quantitative estimate of drug-likeness (QED) is 0.661. The van der Waals surface area contributed by atoms with Crippen molar-refractivity contribution in [2.45, 2.75) is 5.51 Å². The molecular weight excluding hydrogens is 259 g/mol. The van der Waals surface area contributed by atoms with Gasteiger partial charge in [0.25, 0.3) is 0 Å². The lowest BCUT2D eigenvalue weighted by Gasteiger charge is -2.12. The van der Waals surface area contributed by atoms with E-state index in [1.165, 1.54) is 0 Å². The molecule has 0 fully saturated rings. The summed E-state index contributed by atoms with van der Waals surface area (Å²) in [6.45, 7) is -5.41. The van der Waals surface area contributed by atoms with E-state index in [9.17, 15) is 22.3 Å². The van der Waals surface area contributed by atoms with Gasteiger partial charge in [-0.1, -0.05) is 0 Å². The summed E-state index contributed by atoms with van der Waals surface area (Å²) >= 11 is -1.52. The van der Waals surface area contributed by atoms with Gasteiger partial charge in [-0.15, -0.1) is 0 Å². The van der Waals surface area contributed by atoms with Gasteiger partial charge in [0.2, 0.25) is 0 Å². The van der Waals surface area contributed by atoms with Crippen molar-refractivity contribution in [3.8, 4) is 0 Å². The maximum absolute atomic E-state index is 11.4. The Morgan fingerprint density at radius 2 is 1.54 bits per heavy atom. The van der Waals surface area contributed by atoms with Crippen molar-refractivity contribution in [3.05, 3.63) is 0 Å².